The van der Waals surface area contributed by atoms with Gasteiger partial charge in [-0.15, -0.1) is 0 Å². The largest absolute Gasteiger partial charge is 0.495 e. The van der Waals surface area contributed by atoms with Gasteiger partial charge in [0.05, 0.1) is 58.6 Å². The molecule has 2 saturated heterocycles. The molecule has 6 bridgehead atoms. The van der Waals surface area contributed by atoms with Crippen molar-refractivity contribution < 1.29 is 76.9 Å². The molecule has 4 aliphatic rings. The molecule has 456 valence electrons. The molecule has 26 heteroatoms. The van der Waals surface area contributed by atoms with Crippen molar-refractivity contribution in [2.75, 3.05) is 80.3 Å². The standard InChI is InChI=1S/C57H80ClN9O16/c1-35-13-11-15-43(78-10)57(76)32-45(82-54(75)63-57)56(4)34-55(3,83-56)44(31-48(70)66(8)41-28-37(27-35)29-42(77-9)50(41)58)81-53(74)36(2)65(7)47(69)19-23-79-25-26-80-24-21-61-52(73)40(16-17-49(71)72)62-46(68)18-22-67-39(33-64(6)59-5)30-38-14-12-20-60-51(38)67/h11-15,20,28-30,36,40,43-45,59,76H,16-19,21-27,31-34H2,1-10H3,(H,61,73)(H,62,68)(H,63,75)(H,71,72)/b15-11+,35-13+/t36-,40-,43+,44-,45-,55+,56?,57-/m0/s1. The summed E-state index contributed by atoms with van der Waals surface area (Å²) in [5.74, 6) is -3.58. The average molecular weight is 1180 g/mol. The van der Waals surface area contributed by atoms with Crippen LogP contribution in [0.15, 0.2) is 60.3 Å². The summed E-state index contributed by atoms with van der Waals surface area (Å²) in [6.07, 6.45) is 2.04. The van der Waals surface area contributed by atoms with E-state index >= 15 is 0 Å². The number of amides is 5. The number of aryl methyl sites for hydroxylation is 1. The van der Waals surface area contributed by atoms with E-state index in [1.807, 2.05) is 47.8 Å². The monoisotopic (exact) mass is 1180 g/mol. The summed E-state index contributed by atoms with van der Waals surface area (Å²) in [4.78, 5) is 99.7. The summed E-state index contributed by atoms with van der Waals surface area (Å²) in [7, 11) is 9.53. The number of anilines is 1. The van der Waals surface area contributed by atoms with Crippen LogP contribution in [0.25, 0.3) is 11.0 Å². The van der Waals surface area contributed by atoms with E-state index in [1.165, 1.54) is 38.0 Å². The maximum atomic E-state index is 14.4. The van der Waals surface area contributed by atoms with E-state index < -0.39 is 95.4 Å². The van der Waals surface area contributed by atoms with Crippen molar-refractivity contribution in [2.45, 2.75) is 139 Å². The fraction of sp³-hybridized carbons (Fsp3) is 0.579. The Hall–Kier alpha value is -6.71. The molecular formula is C57H80ClN9O16. The molecule has 8 atom stereocenters. The van der Waals surface area contributed by atoms with Crippen LogP contribution >= 0.6 is 11.6 Å². The molecule has 0 saturated carbocycles. The molecule has 6 N–H and O–H groups in total. The van der Waals surface area contributed by atoms with E-state index in [1.54, 1.807) is 58.4 Å². The number of pyridine rings is 1. The van der Waals surface area contributed by atoms with Gasteiger partial charge in [-0.1, -0.05) is 35.4 Å². The lowest BCUT2D eigenvalue weighted by molar-refractivity contribution is -0.328. The Kier molecular flexibility index (Phi) is 23.0. The number of hydrogen-bond donors (Lipinski definition) is 6. The first-order valence-electron chi connectivity index (χ1n) is 27.5. The highest BCUT2D eigenvalue weighted by molar-refractivity contribution is 6.35. The Morgan fingerprint density at radius 3 is 2.43 bits per heavy atom. The van der Waals surface area contributed by atoms with Crippen molar-refractivity contribution in [1.29, 1.82) is 0 Å². The van der Waals surface area contributed by atoms with E-state index in [0.717, 1.165) is 22.2 Å². The van der Waals surface area contributed by atoms with Crippen molar-refractivity contribution >= 4 is 70.0 Å². The van der Waals surface area contributed by atoms with Gasteiger partial charge in [-0.2, -0.15) is 0 Å². The number of hydrogen-bond acceptors (Lipinski definition) is 18. The molecule has 0 radical (unpaired) electrons. The minimum atomic E-state index is -1.92. The Morgan fingerprint density at radius 2 is 1.75 bits per heavy atom. The summed E-state index contributed by atoms with van der Waals surface area (Å²) in [6.45, 7) is 7.81. The second-order valence-corrected chi connectivity index (χ2v) is 21.9. The van der Waals surface area contributed by atoms with Crippen LogP contribution in [0.2, 0.25) is 5.02 Å². The number of hydrazine groups is 1. The maximum Gasteiger partial charge on any atom is 0.409 e. The van der Waals surface area contributed by atoms with Gasteiger partial charge in [0.25, 0.3) is 0 Å². The SMILES string of the molecule is CNN(C)Cc1cc2cccnc2n1CCC(=O)N[C@@H](CCC(=O)O)C(=O)NCCOCCOCCC(=O)N(C)[C@@H](C)C(=O)O[C@H]1CC(=O)N(C)c2cc(cc(OC)c2Cl)C/C(C)=C/C=C/[C@@H](OC)[C@@]2(O)C[C@H](OC(=O)N2)C2(C)C[C@@]1(C)O2. The molecule has 25 nitrogen and oxygen atoms in total. The van der Waals surface area contributed by atoms with Gasteiger partial charge in [0.15, 0.2) is 5.72 Å². The van der Waals surface area contributed by atoms with Gasteiger partial charge in [0.1, 0.15) is 58.0 Å². The van der Waals surface area contributed by atoms with E-state index in [9.17, 15) is 43.8 Å². The van der Waals surface area contributed by atoms with Gasteiger partial charge >= 0.3 is 18.0 Å². The van der Waals surface area contributed by atoms with Crippen LogP contribution in [0.5, 0.6) is 5.75 Å². The molecule has 0 aliphatic carbocycles. The van der Waals surface area contributed by atoms with Gasteiger partial charge in [-0.25, -0.2) is 19.6 Å². The number of carboxylic acid groups (broad SMARTS) is 1. The number of likely N-dealkylation sites (N-methyl/N-ethyl adjacent to an activating group) is 1. The summed E-state index contributed by atoms with van der Waals surface area (Å²) < 4.78 is 42.9. The van der Waals surface area contributed by atoms with E-state index in [4.69, 9.17) is 44.8 Å². The smallest absolute Gasteiger partial charge is 0.409 e. The molecule has 2 fully saturated rings. The summed E-state index contributed by atoms with van der Waals surface area (Å²) in [5, 5.41) is 32.1. The lowest BCUT2D eigenvalue weighted by Crippen LogP contribution is -2.72. The predicted molar refractivity (Wildman–Crippen MR) is 304 cm³/mol. The zero-order chi connectivity index (χ0) is 60.8. The highest BCUT2D eigenvalue weighted by Crippen LogP contribution is 2.50. The zero-order valence-electron chi connectivity index (χ0n) is 48.9. The van der Waals surface area contributed by atoms with Crippen molar-refractivity contribution in [1.82, 2.24) is 40.8 Å². The van der Waals surface area contributed by atoms with Crippen LogP contribution in [-0.2, 0) is 76.7 Å². The topological polar surface area (TPSA) is 300 Å². The number of aliphatic hydroxyl groups is 1. The Bertz CT molecular complexity index is 2880. The Labute approximate surface area is 488 Å². The molecule has 4 aliphatic heterocycles. The number of alkyl carbamates (subject to hydrolysis) is 1. The predicted octanol–water partition coefficient (Wildman–Crippen LogP) is 3.55. The molecule has 2 aromatic heterocycles. The fourth-order valence-electron chi connectivity index (χ4n) is 10.4. The number of carbonyl (C=O) groups is 7. The normalized spacial score (nSPS) is 24.5. The molecule has 5 amide bonds. The van der Waals surface area contributed by atoms with E-state index in [-0.39, 0.29) is 83.1 Å². The number of ether oxygens (including phenoxy) is 7. The Balaban J connectivity index is 1.00. The number of aromatic nitrogens is 2. The number of nitrogens with one attached hydrogen (secondary N) is 4. The van der Waals surface area contributed by atoms with Crippen molar-refractivity contribution in [3.05, 3.63) is 76.6 Å². The summed E-state index contributed by atoms with van der Waals surface area (Å²) >= 11 is 6.82. The summed E-state index contributed by atoms with van der Waals surface area (Å²) in [5.41, 5.74) is 2.19. The third-order valence-corrected chi connectivity index (χ3v) is 15.6. The molecular weight excluding hydrogens is 1100 g/mol. The maximum absolute atomic E-state index is 14.4. The number of aliphatic carboxylic acids is 1. The van der Waals surface area contributed by atoms with Crippen LogP contribution in [0.4, 0.5) is 10.5 Å². The van der Waals surface area contributed by atoms with Crippen molar-refractivity contribution in [3.8, 4) is 5.75 Å². The number of allylic oxidation sites excluding steroid dienone is 3. The lowest BCUT2D eigenvalue weighted by Gasteiger charge is -2.59. The van der Waals surface area contributed by atoms with Crippen LogP contribution in [0, 0.1) is 0 Å². The molecule has 7 rings (SSSR count). The first-order chi connectivity index (χ1) is 39.3. The minimum absolute atomic E-state index is 0.00922. The minimum Gasteiger partial charge on any atom is -0.495 e. The number of rotatable bonds is 25. The lowest BCUT2D eigenvalue weighted by atomic mass is 9.72. The summed E-state index contributed by atoms with van der Waals surface area (Å²) in [6, 6.07) is 7.05. The van der Waals surface area contributed by atoms with Gasteiger partial charge in [0.2, 0.25) is 23.6 Å². The van der Waals surface area contributed by atoms with E-state index in [2.05, 4.69) is 26.4 Å². The van der Waals surface area contributed by atoms with Crippen LogP contribution in [-0.4, -0.2) is 194 Å². The highest BCUT2D eigenvalue weighted by Gasteiger charge is 2.63. The van der Waals surface area contributed by atoms with E-state index in [0.29, 0.717) is 30.0 Å². The highest BCUT2D eigenvalue weighted by atomic mass is 35.5. The fourth-order valence-corrected chi connectivity index (χ4v) is 10.7. The average Bonchev–Trinajstić information content (AvgIpc) is 3.35. The van der Waals surface area contributed by atoms with Crippen molar-refractivity contribution in [2.24, 2.45) is 0 Å². The molecule has 6 heterocycles. The van der Waals surface area contributed by atoms with Crippen LogP contribution in [0.1, 0.15) is 83.9 Å². The molecule has 83 heavy (non-hydrogen) atoms. The first kappa shape index (κ1) is 65.4. The third-order valence-electron chi connectivity index (χ3n) is 15.2. The first-order valence-corrected chi connectivity index (χ1v) is 27.8. The number of esters is 1. The van der Waals surface area contributed by atoms with Crippen molar-refractivity contribution in [3.63, 3.8) is 0 Å². The Morgan fingerprint density at radius 1 is 1.02 bits per heavy atom. The molecule has 1 aromatic carbocycles. The molecule has 0 spiro atoms. The second kappa shape index (κ2) is 29.2. The van der Waals surface area contributed by atoms with Gasteiger partial charge in [-0.3, -0.25) is 34.7 Å². The van der Waals surface area contributed by atoms with Gasteiger partial charge in [0, 0.05) is 84.3 Å². The van der Waals surface area contributed by atoms with Gasteiger partial charge in [-0.05, 0) is 83.5 Å². The molecule has 3 aromatic rings. The zero-order valence-corrected chi connectivity index (χ0v) is 49.7. The number of benzene rings is 1. The van der Waals surface area contributed by atoms with Crippen LogP contribution in [0.3, 0.4) is 0 Å². The third kappa shape index (κ3) is 17.0. The van der Waals surface area contributed by atoms with Crippen LogP contribution < -0.4 is 31.0 Å². The number of methoxy groups -OCH3 is 2. The number of halogens is 1. The second-order valence-electron chi connectivity index (χ2n) is 21.5. The number of nitrogens with zero attached hydrogens (tertiary/aromatic N) is 5. The van der Waals surface area contributed by atoms with Gasteiger partial charge < -0.3 is 68.4 Å². The number of fused-ring (bicyclic) bond motifs is 7. The number of carbonyl (C=O) groups excluding carboxylic acids is 6. The molecule has 1 unspecified atom stereocenters. The quantitative estimate of drug-likeness (QED) is 0.0402. The number of carboxylic acids is 1.